The maximum absolute atomic E-state index is 10.9. The fourth-order valence-corrected chi connectivity index (χ4v) is 3.07. The standard InChI is InChI=1S/C15H21ClN2O2/c1-11(13-5-3-2-4-6-13)17-10-12-7-8-14(16)15(9-12)18(19)20/h7-9,11,13,17H,2-6,10H2,1H3/t11-/m0/s1. The van der Waals surface area contributed by atoms with Gasteiger partial charge in [-0.25, -0.2) is 0 Å². The minimum atomic E-state index is -0.434. The molecule has 0 aromatic heterocycles. The van der Waals surface area contributed by atoms with E-state index in [1.807, 2.05) is 6.07 Å². The van der Waals surface area contributed by atoms with Gasteiger partial charge in [0.2, 0.25) is 0 Å². The minimum absolute atomic E-state index is 0.0173. The maximum atomic E-state index is 10.9. The van der Waals surface area contributed by atoms with Crippen LogP contribution in [0.4, 0.5) is 5.69 Å². The molecule has 4 nitrogen and oxygen atoms in total. The third kappa shape index (κ3) is 3.93. The molecule has 5 heteroatoms. The van der Waals surface area contributed by atoms with E-state index in [1.54, 1.807) is 12.1 Å². The van der Waals surface area contributed by atoms with Crippen molar-refractivity contribution in [3.05, 3.63) is 38.9 Å². The molecule has 0 aliphatic heterocycles. The van der Waals surface area contributed by atoms with Crippen molar-refractivity contribution in [2.45, 2.75) is 51.6 Å². The van der Waals surface area contributed by atoms with Gasteiger partial charge < -0.3 is 5.32 Å². The quantitative estimate of drug-likeness (QED) is 0.651. The van der Waals surface area contributed by atoms with E-state index in [0.29, 0.717) is 12.6 Å². The molecule has 0 saturated heterocycles. The summed E-state index contributed by atoms with van der Waals surface area (Å²) in [5.41, 5.74) is 0.889. The highest BCUT2D eigenvalue weighted by Crippen LogP contribution is 2.27. The molecule has 1 aliphatic carbocycles. The van der Waals surface area contributed by atoms with Gasteiger partial charge >= 0.3 is 0 Å². The van der Waals surface area contributed by atoms with Crippen LogP contribution in [0.15, 0.2) is 18.2 Å². The molecule has 1 atom stereocenters. The van der Waals surface area contributed by atoms with E-state index in [4.69, 9.17) is 11.6 Å². The normalized spacial score (nSPS) is 17.9. The van der Waals surface area contributed by atoms with Gasteiger partial charge in [0, 0.05) is 18.7 Å². The van der Waals surface area contributed by atoms with Gasteiger partial charge in [0.15, 0.2) is 0 Å². The number of hydrogen-bond donors (Lipinski definition) is 1. The summed E-state index contributed by atoms with van der Waals surface area (Å²) in [6, 6.07) is 5.45. The molecule has 0 spiro atoms. The predicted octanol–water partition coefficient (Wildman–Crippen LogP) is 4.31. The Morgan fingerprint density at radius 2 is 2.10 bits per heavy atom. The predicted molar refractivity (Wildman–Crippen MR) is 81.0 cm³/mol. The van der Waals surface area contributed by atoms with Gasteiger partial charge in [-0.3, -0.25) is 10.1 Å². The molecule has 0 bridgehead atoms. The number of nitrogens with zero attached hydrogens (tertiary/aromatic N) is 1. The summed E-state index contributed by atoms with van der Waals surface area (Å²) < 4.78 is 0. The first-order valence-electron chi connectivity index (χ1n) is 7.24. The van der Waals surface area contributed by atoms with Gasteiger partial charge in [-0.2, -0.15) is 0 Å². The van der Waals surface area contributed by atoms with E-state index in [2.05, 4.69) is 12.2 Å². The van der Waals surface area contributed by atoms with E-state index >= 15 is 0 Å². The van der Waals surface area contributed by atoms with Crippen molar-refractivity contribution >= 4 is 17.3 Å². The number of nitro groups is 1. The summed E-state index contributed by atoms with van der Waals surface area (Å²) in [5.74, 6) is 0.728. The number of nitrogens with one attached hydrogen (secondary N) is 1. The second kappa shape index (κ2) is 7.04. The lowest BCUT2D eigenvalue weighted by Gasteiger charge is -2.28. The van der Waals surface area contributed by atoms with Crippen molar-refractivity contribution in [2.75, 3.05) is 0 Å². The Kier molecular flexibility index (Phi) is 5.38. The summed E-state index contributed by atoms with van der Waals surface area (Å²) in [4.78, 5) is 10.4. The molecule has 1 aliphatic rings. The number of benzene rings is 1. The summed E-state index contributed by atoms with van der Waals surface area (Å²) in [7, 11) is 0. The molecule has 0 unspecified atom stereocenters. The highest BCUT2D eigenvalue weighted by Gasteiger charge is 2.20. The van der Waals surface area contributed by atoms with Gasteiger partial charge in [0.05, 0.1) is 4.92 Å². The largest absolute Gasteiger partial charge is 0.310 e. The van der Waals surface area contributed by atoms with E-state index < -0.39 is 4.92 Å². The fourth-order valence-electron chi connectivity index (χ4n) is 2.89. The Morgan fingerprint density at radius 3 is 2.75 bits per heavy atom. The first-order valence-corrected chi connectivity index (χ1v) is 7.62. The summed E-state index contributed by atoms with van der Waals surface area (Å²) in [6.45, 7) is 2.86. The van der Waals surface area contributed by atoms with Crippen molar-refractivity contribution in [3.8, 4) is 0 Å². The molecule has 1 N–H and O–H groups in total. The molecule has 1 saturated carbocycles. The number of halogens is 1. The van der Waals surface area contributed by atoms with Crippen LogP contribution in [0.2, 0.25) is 5.02 Å². The molecule has 20 heavy (non-hydrogen) atoms. The molecular weight excluding hydrogens is 276 g/mol. The highest BCUT2D eigenvalue weighted by atomic mass is 35.5. The summed E-state index contributed by atoms with van der Waals surface area (Å²) >= 11 is 5.81. The van der Waals surface area contributed by atoms with Crippen LogP contribution in [-0.4, -0.2) is 11.0 Å². The number of rotatable bonds is 5. The molecule has 0 amide bonds. The van der Waals surface area contributed by atoms with Crippen LogP contribution in [0, 0.1) is 16.0 Å². The first kappa shape index (κ1) is 15.3. The first-order chi connectivity index (χ1) is 9.58. The zero-order valence-corrected chi connectivity index (χ0v) is 12.5. The Morgan fingerprint density at radius 1 is 1.40 bits per heavy atom. The third-order valence-corrected chi connectivity index (χ3v) is 4.51. The van der Waals surface area contributed by atoms with Crippen LogP contribution in [0.5, 0.6) is 0 Å². The van der Waals surface area contributed by atoms with Crippen molar-refractivity contribution in [1.82, 2.24) is 5.32 Å². The molecular formula is C15H21ClN2O2. The van der Waals surface area contributed by atoms with Crippen molar-refractivity contribution in [1.29, 1.82) is 0 Å². The monoisotopic (exact) mass is 296 g/mol. The van der Waals surface area contributed by atoms with Gasteiger partial charge in [0.25, 0.3) is 5.69 Å². The zero-order valence-electron chi connectivity index (χ0n) is 11.8. The van der Waals surface area contributed by atoms with E-state index in [9.17, 15) is 10.1 Å². The molecule has 0 radical (unpaired) electrons. The minimum Gasteiger partial charge on any atom is -0.310 e. The fraction of sp³-hybridized carbons (Fsp3) is 0.600. The van der Waals surface area contributed by atoms with Crippen molar-refractivity contribution < 1.29 is 4.92 Å². The second-order valence-electron chi connectivity index (χ2n) is 5.61. The van der Waals surface area contributed by atoms with Crippen LogP contribution in [-0.2, 0) is 6.54 Å². The van der Waals surface area contributed by atoms with Gasteiger partial charge in [-0.15, -0.1) is 0 Å². The lowest BCUT2D eigenvalue weighted by Crippen LogP contribution is -2.34. The highest BCUT2D eigenvalue weighted by molar-refractivity contribution is 6.32. The van der Waals surface area contributed by atoms with Gasteiger partial charge in [0.1, 0.15) is 5.02 Å². The van der Waals surface area contributed by atoms with Crippen LogP contribution in [0.1, 0.15) is 44.6 Å². The van der Waals surface area contributed by atoms with Crippen LogP contribution < -0.4 is 5.32 Å². The number of nitro benzene ring substituents is 1. The second-order valence-corrected chi connectivity index (χ2v) is 6.02. The van der Waals surface area contributed by atoms with E-state index in [0.717, 1.165) is 11.5 Å². The molecule has 1 fully saturated rings. The Labute approximate surface area is 124 Å². The van der Waals surface area contributed by atoms with Gasteiger partial charge in [-0.1, -0.05) is 36.9 Å². The lowest BCUT2D eigenvalue weighted by molar-refractivity contribution is -0.384. The Bertz CT molecular complexity index is 473. The van der Waals surface area contributed by atoms with Crippen molar-refractivity contribution in [3.63, 3.8) is 0 Å². The van der Waals surface area contributed by atoms with Crippen molar-refractivity contribution in [2.24, 2.45) is 5.92 Å². The Balaban J connectivity index is 1.93. The van der Waals surface area contributed by atoms with Gasteiger partial charge in [-0.05, 0) is 37.3 Å². The molecule has 1 aromatic rings. The SMILES string of the molecule is C[C@H](NCc1ccc(Cl)c([N+](=O)[O-])c1)C1CCCCC1. The van der Waals surface area contributed by atoms with E-state index in [1.165, 1.54) is 32.1 Å². The smallest absolute Gasteiger partial charge is 0.288 e. The van der Waals surface area contributed by atoms with E-state index in [-0.39, 0.29) is 10.7 Å². The summed E-state index contributed by atoms with van der Waals surface area (Å²) in [6.07, 6.45) is 6.57. The van der Waals surface area contributed by atoms with Crippen LogP contribution in [0.25, 0.3) is 0 Å². The Hall–Kier alpha value is -1.13. The molecule has 1 aromatic carbocycles. The van der Waals surface area contributed by atoms with Crippen LogP contribution in [0.3, 0.4) is 0 Å². The summed E-state index contributed by atoms with van der Waals surface area (Å²) in [5, 5.41) is 14.5. The molecule has 2 rings (SSSR count). The lowest BCUT2D eigenvalue weighted by atomic mass is 9.84. The molecule has 110 valence electrons. The average molecular weight is 297 g/mol. The average Bonchev–Trinajstić information content (AvgIpc) is 2.46. The topological polar surface area (TPSA) is 55.2 Å². The third-order valence-electron chi connectivity index (χ3n) is 4.19. The molecule has 0 heterocycles. The number of hydrogen-bond acceptors (Lipinski definition) is 3. The zero-order chi connectivity index (χ0) is 14.5. The maximum Gasteiger partial charge on any atom is 0.288 e. The van der Waals surface area contributed by atoms with Crippen LogP contribution >= 0.6 is 11.6 Å².